The van der Waals surface area contributed by atoms with Gasteiger partial charge in [-0.05, 0) is 58.4 Å². The lowest BCUT2D eigenvalue weighted by Gasteiger charge is -2.25. The highest BCUT2D eigenvalue weighted by atomic mass is 35.5. The van der Waals surface area contributed by atoms with Crippen molar-refractivity contribution in [2.45, 2.75) is 45.6 Å². The zero-order chi connectivity index (χ0) is 16.4. The van der Waals surface area contributed by atoms with Crippen LogP contribution in [0, 0.1) is 0 Å². The fourth-order valence-electron chi connectivity index (χ4n) is 1.67. The molecule has 21 heavy (non-hydrogen) atoms. The molecular formula is C15H20ClNO4. The zero-order valence-corrected chi connectivity index (χ0v) is 13.5. The molecule has 5 nitrogen and oxygen atoms in total. The predicted octanol–water partition coefficient (Wildman–Crippen LogP) is 4.05. The summed E-state index contributed by atoms with van der Waals surface area (Å²) >= 11 is 5.93. The van der Waals surface area contributed by atoms with Gasteiger partial charge in [0.2, 0.25) is 0 Å². The molecule has 0 heterocycles. The summed E-state index contributed by atoms with van der Waals surface area (Å²) < 4.78 is 5.17. The lowest BCUT2D eigenvalue weighted by Crippen LogP contribution is -2.32. The molecule has 0 saturated carbocycles. The van der Waals surface area contributed by atoms with Crippen LogP contribution in [-0.4, -0.2) is 22.8 Å². The van der Waals surface area contributed by atoms with E-state index in [1.807, 2.05) is 0 Å². The topological polar surface area (TPSA) is 75.6 Å². The summed E-state index contributed by atoms with van der Waals surface area (Å²) in [5.74, 6) is -1.02. The van der Waals surface area contributed by atoms with E-state index >= 15 is 0 Å². The summed E-state index contributed by atoms with van der Waals surface area (Å²) in [6.45, 7) is 8.33. The Morgan fingerprint density at radius 3 is 2.24 bits per heavy atom. The van der Waals surface area contributed by atoms with Crippen LogP contribution >= 0.6 is 11.6 Å². The van der Waals surface area contributed by atoms with Crippen molar-refractivity contribution in [3.05, 3.63) is 28.8 Å². The molecule has 0 aliphatic rings. The third-order valence-corrected chi connectivity index (χ3v) is 3.06. The molecule has 0 aliphatic heterocycles. The number of ether oxygens (including phenoxy) is 1. The number of benzene rings is 1. The first kappa shape index (κ1) is 17.3. The molecule has 1 amide bonds. The fraction of sp³-hybridized carbons (Fsp3) is 0.467. The molecule has 1 aromatic rings. The Morgan fingerprint density at radius 1 is 1.19 bits per heavy atom. The van der Waals surface area contributed by atoms with Crippen LogP contribution in [0.2, 0.25) is 5.02 Å². The number of carboxylic acid groups (broad SMARTS) is 1. The number of rotatable bonds is 3. The molecule has 0 bridgehead atoms. The summed E-state index contributed by atoms with van der Waals surface area (Å²) in [6.07, 6.45) is -0.646. The van der Waals surface area contributed by atoms with Crippen molar-refractivity contribution in [1.82, 2.24) is 0 Å². The summed E-state index contributed by atoms with van der Waals surface area (Å²) in [7, 11) is 0. The molecule has 0 unspecified atom stereocenters. The lowest BCUT2D eigenvalue weighted by atomic mass is 9.83. The highest BCUT2D eigenvalue weighted by Gasteiger charge is 2.32. The molecule has 6 heteroatoms. The van der Waals surface area contributed by atoms with E-state index in [0.717, 1.165) is 0 Å². The van der Waals surface area contributed by atoms with Gasteiger partial charge in [0.25, 0.3) is 0 Å². The van der Waals surface area contributed by atoms with Crippen molar-refractivity contribution in [2.75, 3.05) is 5.32 Å². The Labute approximate surface area is 129 Å². The summed E-state index contributed by atoms with van der Waals surface area (Å²) in [6, 6.07) is 4.67. The van der Waals surface area contributed by atoms with Crippen molar-refractivity contribution in [1.29, 1.82) is 0 Å². The monoisotopic (exact) mass is 313 g/mol. The van der Waals surface area contributed by atoms with Gasteiger partial charge in [-0.1, -0.05) is 11.6 Å². The minimum Gasteiger partial charge on any atom is -0.481 e. The van der Waals surface area contributed by atoms with Crippen LogP contribution < -0.4 is 5.32 Å². The summed E-state index contributed by atoms with van der Waals surface area (Å²) in [5, 5.41) is 12.3. The first-order chi connectivity index (χ1) is 9.43. The minimum absolute atomic E-state index is 0.362. The molecule has 0 saturated heterocycles. The molecule has 0 fully saturated rings. The highest BCUT2D eigenvalue weighted by molar-refractivity contribution is 6.30. The number of amides is 1. The van der Waals surface area contributed by atoms with Gasteiger partial charge in [0, 0.05) is 10.7 Å². The molecule has 0 radical (unpaired) electrons. The van der Waals surface area contributed by atoms with Gasteiger partial charge in [-0.15, -0.1) is 0 Å². The number of aliphatic carboxylic acids is 1. The van der Waals surface area contributed by atoms with E-state index in [9.17, 15) is 14.7 Å². The number of hydrogen-bond donors (Lipinski definition) is 2. The quantitative estimate of drug-likeness (QED) is 0.882. The van der Waals surface area contributed by atoms with Crippen LogP contribution in [0.4, 0.5) is 10.5 Å². The van der Waals surface area contributed by atoms with E-state index in [1.54, 1.807) is 46.8 Å². The van der Waals surface area contributed by atoms with Crippen molar-refractivity contribution < 1.29 is 19.4 Å². The van der Waals surface area contributed by atoms with Crippen LogP contribution in [0.3, 0.4) is 0 Å². The molecule has 0 aromatic heterocycles. The van der Waals surface area contributed by atoms with Crippen LogP contribution in [0.15, 0.2) is 18.2 Å². The molecular weight excluding hydrogens is 294 g/mol. The first-order valence-corrected chi connectivity index (χ1v) is 6.85. The predicted molar refractivity (Wildman–Crippen MR) is 82.0 cm³/mol. The van der Waals surface area contributed by atoms with Gasteiger partial charge >= 0.3 is 12.1 Å². The fourth-order valence-corrected chi connectivity index (χ4v) is 1.84. The number of anilines is 1. The van der Waals surface area contributed by atoms with E-state index in [0.29, 0.717) is 16.3 Å². The average Bonchev–Trinajstić information content (AvgIpc) is 2.28. The third-order valence-electron chi connectivity index (χ3n) is 2.83. The van der Waals surface area contributed by atoms with Crippen molar-refractivity contribution >= 4 is 29.4 Å². The van der Waals surface area contributed by atoms with Crippen molar-refractivity contribution in [3.63, 3.8) is 0 Å². The summed E-state index contributed by atoms with van der Waals surface area (Å²) in [4.78, 5) is 23.3. The van der Waals surface area contributed by atoms with Gasteiger partial charge in [0.15, 0.2) is 0 Å². The van der Waals surface area contributed by atoms with Gasteiger partial charge in [0.1, 0.15) is 5.60 Å². The van der Waals surface area contributed by atoms with Crippen molar-refractivity contribution in [2.24, 2.45) is 0 Å². The van der Waals surface area contributed by atoms with Gasteiger partial charge in [-0.25, -0.2) is 4.79 Å². The van der Waals surface area contributed by atoms with E-state index in [4.69, 9.17) is 16.3 Å². The number of carbonyl (C=O) groups excluding carboxylic acids is 1. The van der Waals surface area contributed by atoms with Gasteiger partial charge in [-0.2, -0.15) is 0 Å². The number of nitrogens with one attached hydrogen (secondary N) is 1. The largest absolute Gasteiger partial charge is 0.481 e. The van der Waals surface area contributed by atoms with Gasteiger partial charge in [0.05, 0.1) is 5.41 Å². The molecule has 1 aromatic carbocycles. The normalized spacial score (nSPS) is 11.9. The second-order valence-electron chi connectivity index (χ2n) is 6.25. The second kappa shape index (κ2) is 5.93. The number of carboxylic acids is 1. The van der Waals surface area contributed by atoms with E-state index < -0.39 is 23.1 Å². The Bertz CT molecular complexity index is 561. The minimum atomic E-state index is -1.20. The van der Waals surface area contributed by atoms with Crippen LogP contribution in [-0.2, 0) is 14.9 Å². The van der Waals surface area contributed by atoms with Crippen LogP contribution in [0.25, 0.3) is 0 Å². The molecule has 1 rings (SSSR count). The highest BCUT2D eigenvalue weighted by Crippen LogP contribution is 2.33. The molecule has 0 spiro atoms. The SMILES string of the molecule is CC(C)(C)OC(=O)Nc1ccc(Cl)cc1C(C)(C)C(=O)O. The zero-order valence-electron chi connectivity index (χ0n) is 12.8. The van der Waals surface area contributed by atoms with Gasteiger partial charge < -0.3 is 9.84 Å². The number of carbonyl (C=O) groups is 2. The van der Waals surface area contributed by atoms with Gasteiger partial charge in [-0.3, -0.25) is 10.1 Å². The molecule has 0 aliphatic carbocycles. The van der Waals surface area contributed by atoms with E-state index in [2.05, 4.69) is 5.32 Å². The number of halogens is 1. The Hall–Kier alpha value is -1.75. The number of hydrogen-bond acceptors (Lipinski definition) is 3. The standard InChI is InChI=1S/C15H20ClNO4/c1-14(2,3)21-13(20)17-11-7-6-9(16)8-10(11)15(4,5)12(18)19/h6-8H,1-5H3,(H,17,20)(H,18,19). The maximum atomic E-state index is 11.8. The van der Waals surface area contributed by atoms with E-state index in [-0.39, 0.29) is 0 Å². The second-order valence-corrected chi connectivity index (χ2v) is 6.68. The Kier molecular flexibility index (Phi) is 4.89. The first-order valence-electron chi connectivity index (χ1n) is 6.47. The van der Waals surface area contributed by atoms with Crippen LogP contribution in [0.1, 0.15) is 40.2 Å². The van der Waals surface area contributed by atoms with E-state index in [1.165, 1.54) is 6.07 Å². The molecule has 116 valence electrons. The molecule has 0 atom stereocenters. The van der Waals surface area contributed by atoms with Crippen molar-refractivity contribution in [3.8, 4) is 0 Å². The average molecular weight is 314 g/mol. The third kappa shape index (κ3) is 4.63. The Balaban J connectivity index is 3.14. The molecule has 2 N–H and O–H groups in total. The van der Waals surface area contributed by atoms with Crippen LogP contribution in [0.5, 0.6) is 0 Å². The maximum Gasteiger partial charge on any atom is 0.412 e. The Morgan fingerprint density at radius 2 is 1.76 bits per heavy atom. The smallest absolute Gasteiger partial charge is 0.412 e. The maximum absolute atomic E-state index is 11.8. The lowest BCUT2D eigenvalue weighted by molar-refractivity contribution is -0.142. The summed E-state index contributed by atoms with van der Waals surface area (Å²) in [5.41, 5.74) is -1.07.